The Bertz CT molecular complexity index is 448. The first-order valence-electron chi connectivity index (χ1n) is 7.43. The Morgan fingerprint density at radius 2 is 2.10 bits per heavy atom. The molecule has 1 rings (SSSR count). The molecule has 0 aliphatic heterocycles. The average Bonchev–Trinajstić information content (AvgIpc) is 2.44. The smallest absolute Gasteiger partial charge is 0.238 e. The fourth-order valence-corrected chi connectivity index (χ4v) is 2.38. The SMILES string of the molecule is CCN(CC(=O)Nc1cccc(CN)c1)C(C)CN(C)C. The number of carbonyl (C=O) groups is 1. The number of amides is 1. The number of hydrogen-bond donors (Lipinski definition) is 2. The standard InChI is InChI=1S/C16H28N4O/c1-5-20(13(2)11-19(3)4)12-16(21)18-15-8-6-7-14(9-15)10-17/h6-9,13H,5,10-12,17H2,1-4H3,(H,18,21). The van der Waals surface area contributed by atoms with Gasteiger partial charge >= 0.3 is 0 Å². The van der Waals surface area contributed by atoms with Crippen LogP contribution in [0.3, 0.4) is 0 Å². The highest BCUT2D eigenvalue weighted by Crippen LogP contribution is 2.10. The van der Waals surface area contributed by atoms with Crippen molar-refractivity contribution in [3.63, 3.8) is 0 Å². The van der Waals surface area contributed by atoms with Crippen LogP contribution in [0.15, 0.2) is 24.3 Å². The maximum Gasteiger partial charge on any atom is 0.238 e. The maximum atomic E-state index is 12.2. The fraction of sp³-hybridized carbons (Fsp3) is 0.562. The van der Waals surface area contributed by atoms with Crippen molar-refractivity contribution >= 4 is 11.6 Å². The summed E-state index contributed by atoms with van der Waals surface area (Å²) < 4.78 is 0. The van der Waals surface area contributed by atoms with Gasteiger partial charge in [0.25, 0.3) is 0 Å². The monoisotopic (exact) mass is 292 g/mol. The van der Waals surface area contributed by atoms with Crippen molar-refractivity contribution in [2.75, 3.05) is 39.0 Å². The third-order valence-corrected chi connectivity index (χ3v) is 3.45. The lowest BCUT2D eigenvalue weighted by Gasteiger charge is -2.29. The molecule has 5 nitrogen and oxygen atoms in total. The Labute approximate surface area is 128 Å². The molecule has 5 heteroatoms. The van der Waals surface area contributed by atoms with Crippen LogP contribution >= 0.6 is 0 Å². The average molecular weight is 292 g/mol. The Morgan fingerprint density at radius 3 is 2.67 bits per heavy atom. The van der Waals surface area contributed by atoms with Crippen molar-refractivity contribution in [3.8, 4) is 0 Å². The third kappa shape index (κ3) is 6.25. The van der Waals surface area contributed by atoms with E-state index >= 15 is 0 Å². The summed E-state index contributed by atoms with van der Waals surface area (Å²) in [5.41, 5.74) is 7.43. The van der Waals surface area contributed by atoms with Gasteiger partial charge in [0.05, 0.1) is 6.54 Å². The van der Waals surface area contributed by atoms with E-state index in [4.69, 9.17) is 5.73 Å². The largest absolute Gasteiger partial charge is 0.326 e. The van der Waals surface area contributed by atoms with Crippen molar-refractivity contribution in [2.24, 2.45) is 5.73 Å². The normalized spacial score (nSPS) is 12.7. The molecule has 1 amide bonds. The second-order valence-corrected chi connectivity index (χ2v) is 5.63. The molecule has 0 saturated carbocycles. The van der Waals surface area contributed by atoms with Crippen molar-refractivity contribution in [2.45, 2.75) is 26.4 Å². The van der Waals surface area contributed by atoms with Crippen LogP contribution in [-0.4, -0.2) is 55.5 Å². The lowest BCUT2D eigenvalue weighted by molar-refractivity contribution is -0.117. The quantitative estimate of drug-likeness (QED) is 0.759. The van der Waals surface area contributed by atoms with Crippen LogP contribution in [0.2, 0.25) is 0 Å². The van der Waals surface area contributed by atoms with E-state index in [2.05, 4.69) is 29.0 Å². The predicted octanol–water partition coefficient (Wildman–Crippen LogP) is 1.36. The fourth-order valence-electron chi connectivity index (χ4n) is 2.38. The van der Waals surface area contributed by atoms with Gasteiger partial charge in [0.15, 0.2) is 0 Å². The molecular weight excluding hydrogens is 264 g/mol. The van der Waals surface area contributed by atoms with E-state index in [1.54, 1.807) is 0 Å². The summed E-state index contributed by atoms with van der Waals surface area (Å²) >= 11 is 0. The highest BCUT2D eigenvalue weighted by molar-refractivity contribution is 5.92. The number of benzene rings is 1. The lowest BCUT2D eigenvalue weighted by Crippen LogP contribution is -2.43. The Morgan fingerprint density at radius 1 is 1.38 bits per heavy atom. The van der Waals surface area contributed by atoms with Gasteiger partial charge in [-0.05, 0) is 45.3 Å². The summed E-state index contributed by atoms with van der Waals surface area (Å²) in [5.74, 6) is 0.0108. The molecule has 0 aromatic heterocycles. The van der Waals surface area contributed by atoms with Crippen LogP contribution in [0.1, 0.15) is 19.4 Å². The molecule has 0 saturated heterocycles. The summed E-state index contributed by atoms with van der Waals surface area (Å²) in [6.07, 6.45) is 0. The predicted molar refractivity (Wildman–Crippen MR) is 88.2 cm³/mol. The van der Waals surface area contributed by atoms with Crippen LogP contribution < -0.4 is 11.1 Å². The molecule has 0 fully saturated rings. The van der Waals surface area contributed by atoms with Gasteiger partial charge in [-0.1, -0.05) is 19.1 Å². The summed E-state index contributed by atoms with van der Waals surface area (Å²) in [6.45, 7) is 6.89. The van der Waals surface area contributed by atoms with Crippen LogP contribution in [-0.2, 0) is 11.3 Å². The Balaban J connectivity index is 2.57. The third-order valence-electron chi connectivity index (χ3n) is 3.45. The van der Waals surface area contributed by atoms with E-state index in [1.807, 2.05) is 38.4 Å². The Hall–Kier alpha value is -1.43. The van der Waals surface area contributed by atoms with E-state index in [0.29, 0.717) is 19.1 Å². The molecule has 0 aliphatic carbocycles. The number of nitrogens with one attached hydrogen (secondary N) is 1. The molecule has 1 unspecified atom stereocenters. The maximum absolute atomic E-state index is 12.2. The zero-order valence-corrected chi connectivity index (χ0v) is 13.6. The zero-order valence-electron chi connectivity index (χ0n) is 13.6. The van der Waals surface area contributed by atoms with E-state index in [9.17, 15) is 4.79 Å². The number of likely N-dealkylation sites (N-methyl/N-ethyl adjacent to an activating group) is 2. The first-order chi connectivity index (χ1) is 9.96. The number of nitrogens with two attached hydrogens (primary N) is 1. The number of rotatable bonds is 8. The van der Waals surface area contributed by atoms with Crippen LogP contribution in [0.5, 0.6) is 0 Å². The molecule has 21 heavy (non-hydrogen) atoms. The van der Waals surface area contributed by atoms with Gasteiger partial charge in [0.2, 0.25) is 5.91 Å². The molecule has 3 N–H and O–H groups in total. The first-order valence-corrected chi connectivity index (χ1v) is 7.43. The van der Waals surface area contributed by atoms with Crippen molar-refractivity contribution in [1.29, 1.82) is 0 Å². The van der Waals surface area contributed by atoms with E-state index in [1.165, 1.54) is 0 Å². The summed E-state index contributed by atoms with van der Waals surface area (Å²) in [7, 11) is 4.09. The molecule has 0 heterocycles. The highest BCUT2D eigenvalue weighted by atomic mass is 16.2. The summed E-state index contributed by atoms with van der Waals surface area (Å²) in [6, 6.07) is 8.00. The number of nitrogens with zero attached hydrogens (tertiary/aromatic N) is 2. The van der Waals surface area contributed by atoms with Crippen LogP contribution in [0.25, 0.3) is 0 Å². The summed E-state index contributed by atoms with van der Waals surface area (Å²) in [4.78, 5) is 16.5. The van der Waals surface area contributed by atoms with Gasteiger partial charge < -0.3 is 16.0 Å². The van der Waals surface area contributed by atoms with Gasteiger partial charge in [-0.3, -0.25) is 9.69 Å². The van der Waals surface area contributed by atoms with Gasteiger partial charge in [0.1, 0.15) is 0 Å². The lowest BCUT2D eigenvalue weighted by atomic mass is 10.2. The van der Waals surface area contributed by atoms with E-state index in [-0.39, 0.29) is 5.91 Å². The summed E-state index contributed by atoms with van der Waals surface area (Å²) in [5, 5.41) is 2.94. The van der Waals surface area contributed by atoms with Crippen LogP contribution in [0, 0.1) is 0 Å². The van der Waals surface area contributed by atoms with E-state index in [0.717, 1.165) is 24.3 Å². The molecule has 1 aromatic rings. The second-order valence-electron chi connectivity index (χ2n) is 5.63. The number of carbonyl (C=O) groups excluding carboxylic acids is 1. The van der Waals surface area contributed by atoms with Gasteiger partial charge in [-0.2, -0.15) is 0 Å². The van der Waals surface area contributed by atoms with Crippen LogP contribution in [0.4, 0.5) is 5.69 Å². The highest BCUT2D eigenvalue weighted by Gasteiger charge is 2.16. The molecule has 1 aromatic carbocycles. The molecule has 0 aliphatic rings. The van der Waals surface area contributed by atoms with Crippen molar-refractivity contribution in [1.82, 2.24) is 9.80 Å². The topological polar surface area (TPSA) is 61.6 Å². The molecule has 0 spiro atoms. The number of hydrogen-bond acceptors (Lipinski definition) is 4. The van der Waals surface area contributed by atoms with Gasteiger partial charge in [0, 0.05) is 24.8 Å². The number of anilines is 1. The molecule has 0 radical (unpaired) electrons. The zero-order chi connectivity index (χ0) is 15.8. The molecule has 118 valence electrons. The van der Waals surface area contributed by atoms with Crippen molar-refractivity contribution < 1.29 is 4.79 Å². The minimum atomic E-state index is 0.0108. The minimum Gasteiger partial charge on any atom is -0.326 e. The van der Waals surface area contributed by atoms with Gasteiger partial charge in [-0.25, -0.2) is 0 Å². The van der Waals surface area contributed by atoms with Gasteiger partial charge in [-0.15, -0.1) is 0 Å². The minimum absolute atomic E-state index is 0.0108. The molecular formula is C16H28N4O. The molecule has 0 bridgehead atoms. The Kier molecular flexibility index (Phi) is 7.36. The second kappa shape index (κ2) is 8.77. The van der Waals surface area contributed by atoms with E-state index < -0.39 is 0 Å². The molecule has 1 atom stereocenters. The van der Waals surface area contributed by atoms with Crippen molar-refractivity contribution in [3.05, 3.63) is 29.8 Å². The first kappa shape index (κ1) is 17.6.